The molecule has 0 bridgehead atoms. The zero-order valence-corrected chi connectivity index (χ0v) is 21.9. The van der Waals surface area contributed by atoms with Gasteiger partial charge in [0.25, 0.3) is 5.56 Å². The highest BCUT2D eigenvalue weighted by Gasteiger charge is 2.18. The Morgan fingerprint density at radius 2 is 2.03 bits per heavy atom. The molecule has 2 aromatic carbocycles. The van der Waals surface area contributed by atoms with E-state index in [4.69, 9.17) is 16.3 Å². The van der Waals surface area contributed by atoms with Crippen LogP contribution in [0.15, 0.2) is 47.4 Å². The van der Waals surface area contributed by atoms with Crippen molar-refractivity contribution < 1.29 is 13.9 Å². The Morgan fingerprint density at radius 1 is 1.26 bits per heavy atom. The van der Waals surface area contributed by atoms with Gasteiger partial charge >= 0.3 is 6.09 Å². The average Bonchev–Trinajstić information content (AvgIpc) is 3.20. The van der Waals surface area contributed by atoms with Gasteiger partial charge in [0.2, 0.25) is 0 Å². The number of nitriles is 1. The van der Waals surface area contributed by atoms with Crippen molar-refractivity contribution in [2.24, 2.45) is 7.05 Å². The van der Waals surface area contributed by atoms with Gasteiger partial charge in [-0.1, -0.05) is 17.7 Å². The fourth-order valence-electron chi connectivity index (χ4n) is 3.86. The number of hydrogen-bond donors (Lipinski definition) is 2. The van der Waals surface area contributed by atoms with Crippen molar-refractivity contribution in [1.29, 1.82) is 5.26 Å². The van der Waals surface area contributed by atoms with E-state index in [1.807, 2.05) is 0 Å². The van der Waals surface area contributed by atoms with E-state index < -0.39 is 17.5 Å². The van der Waals surface area contributed by atoms with Gasteiger partial charge < -0.3 is 10.1 Å². The maximum Gasteiger partial charge on any atom is 0.407 e. The second-order valence-corrected chi connectivity index (χ2v) is 9.95. The highest BCUT2D eigenvalue weighted by atomic mass is 35.5. The topological polar surface area (TPSA) is 126 Å². The summed E-state index contributed by atoms with van der Waals surface area (Å²) in [7, 11) is 1.71. The van der Waals surface area contributed by atoms with Gasteiger partial charge in [0.15, 0.2) is 0 Å². The van der Waals surface area contributed by atoms with E-state index in [9.17, 15) is 19.2 Å². The van der Waals surface area contributed by atoms with E-state index in [0.29, 0.717) is 38.9 Å². The molecule has 0 unspecified atom stereocenters. The van der Waals surface area contributed by atoms with Crippen molar-refractivity contribution in [2.75, 3.05) is 0 Å². The van der Waals surface area contributed by atoms with Crippen molar-refractivity contribution in [1.82, 2.24) is 25.3 Å². The number of amides is 1. The zero-order valence-electron chi connectivity index (χ0n) is 21.1. The predicted molar refractivity (Wildman–Crippen MR) is 143 cm³/mol. The van der Waals surface area contributed by atoms with Gasteiger partial charge in [-0.25, -0.2) is 14.3 Å². The third-order valence-corrected chi connectivity index (χ3v) is 5.76. The van der Waals surface area contributed by atoms with E-state index >= 15 is 0 Å². The van der Waals surface area contributed by atoms with Crippen LogP contribution in [0.4, 0.5) is 9.18 Å². The molecule has 0 radical (unpaired) electrons. The van der Waals surface area contributed by atoms with Gasteiger partial charge in [-0.05, 0) is 68.3 Å². The summed E-state index contributed by atoms with van der Waals surface area (Å²) in [4.78, 5) is 24.6. The van der Waals surface area contributed by atoms with E-state index in [1.54, 1.807) is 63.0 Å². The number of nitrogens with one attached hydrogen (secondary N) is 2. The second kappa shape index (κ2) is 10.5. The number of hydrogen-bond acceptors (Lipinski definition) is 6. The molecule has 2 aromatic heterocycles. The number of carbonyl (C=O) groups excluding carboxylic acids is 1. The van der Waals surface area contributed by atoms with Gasteiger partial charge in [-0.3, -0.25) is 9.48 Å². The molecule has 0 saturated heterocycles. The minimum absolute atomic E-state index is 0.0182. The van der Waals surface area contributed by atoms with Crippen LogP contribution in [0.25, 0.3) is 33.5 Å². The zero-order chi connectivity index (χ0) is 27.6. The summed E-state index contributed by atoms with van der Waals surface area (Å²) < 4.78 is 20.8. The number of benzene rings is 2. The summed E-state index contributed by atoms with van der Waals surface area (Å²) in [6, 6.07) is 11.2. The third-order valence-electron chi connectivity index (χ3n) is 5.54. The summed E-state index contributed by atoms with van der Waals surface area (Å²) in [5.41, 5.74) is 1.84. The van der Waals surface area contributed by atoms with Crippen LogP contribution in [-0.4, -0.2) is 31.7 Å². The Labute approximate surface area is 222 Å². The number of allylic oxidation sites excluding steroid dienone is 1. The van der Waals surface area contributed by atoms with Crippen molar-refractivity contribution >= 4 is 40.1 Å². The highest BCUT2D eigenvalue weighted by Crippen LogP contribution is 2.30. The molecule has 0 aliphatic carbocycles. The number of alkyl carbamates (subject to hydrolysis) is 1. The van der Waals surface area contributed by atoms with Gasteiger partial charge in [-0.2, -0.15) is 15.5 Å². The quantitative estimate of drug-likeness (QED) is 0.339. The molecule has 0 aliphatic heterocycles. The van der Waals surface area contributed by atoms with Crippen LogP contribution in [-0.2, 0) is 18.3 Å². The van der Waals surface area contributed by atoms with E-state index in [2.05, 4.69) is 26.7 Å². The Balaban J connectivity index is 1.76. The molecule has 38 heavy (non-hydrogen) atoms. The van der Waals surface area contributed by atoms with Crippen LogP contribution < -0.4 is 10.9 Å². The first-order valence-corrected chi connectivity index (χ1v) is 11.9. The Kier molecular flexibility index (Phi) is 7.32. The molecule has 0 atom stereocenters. The van der Waals surface area contributed by atoms with Crippen molar-refractivity contribution in [3.63, 3.8) is 0 Å². The monoisotopic (exact) mass is 534 g/mol. The van der Waals surface area contributed by atoms with E-state index in [-0.39, 0.29) is 22.7 Å². The van der Waals surface area contributed by atoms with Gasteiger partial charge in [0, 0.05) is 23.0 Å². The number of halogens is 2. The number of fused-ring (bicyclic) bond motifs is 1. The van der Waals surface area contributed by atoms with Gasteiger partial charge in [0.1, 0.15) is 11.4 Å². The summed E-state index contributed by atoms with van der Waals surface area (Å²) >= 11 is 5.99. The smallest absolute Gasteiger partial charge is 0.407 e. The summed E-state index contributed by atoms with van der Waals surface area (Å²) in [5, 5.41) is 24.4. The summed E-state index contributed by atoms with van der Waals surface area (Å²) in [5.74, 6) is -0.557. The maximum atomic E-state index is 13.9. The van der Waals surface area contributed by atoms with Gasteiger partial charge in [-0.15, -0.1) is 0 Å². The Morgan fingerprint density at radius 3 is 2.71 bits per heavy atom. The molecule has 194 valence electrons. The van der Waals surface area contributed by atoms with Crippen LogP contribution in [0, 0.1) is 17.1 Å². The Hall–Kier alpha value is -4.49. The van der Waals surface area contributed by atoms with Gasteiger partial charge in [0.05, 0.1) is 41.2 Å². The maximum absolute atomic E-state index is 13.9. The second-order valence-electron chi connectivity index (χ2n) is 9.51. The molecule has 4 rings (SSSR count). The minimum atomic E-state index is -0.666. The highest BCUT2D eigenvalue weighted by molar-refractivity contribution is 6.30. The largest absolute Gasteiger partial charge is 0.444 e. The van der Waals surface area contributed by atoms with Crippen LogP contribution in [0.2, 0.25) is 5.02 Å². The molecule has 4 aromatic rings. The molecule has 11 heteroatoms. The normalized spacial score (nSPS) is 11.9. The fraction of sp³-hybridized carbons (Fsp3) is 0.222. The number of ether oxygens (including phenoxy) is 1. The first kappa shape index (κ1) is 26.6. The van der Waals surface area contributed by atoms with Crippen molar-refractivity contribution in [3.8, 4) is 17.2 Å². The lowest BCUT2D eigenvalue weighted by molar-refractivity contribution is 0.0523. The number of carbonyl (C=O) groups is 1. The van der Waals surface area contributed by atoms with Crippen molar-refractivity contribution in [2.45, 2.75) is 32.9 Å². The first-order valence-electron chi connectivity index (χ1n) is 11.5. The molecule has 2 heterocycles. The minimum Gasteiger partial charge on any atom is -0.444 e. The number of nitrogens with zero attached hydrogens (tertiary/aromatic N) is 4. The molecule has 1 amide bonds. The molecule has 2 N–H and O–H groups in total. The lowest BCUT2D eigenvalue weighted by Crippen LogP contribution is -2.32. The Bertz CT molecular complexity index is 1660. The van der Waals surface area contributed by atoms with Crippen LogP contribution in [0.3, 0.4) is 0 Å². The van der Waals surface area contributed by atoms with E-state index in [1.165, 1.54) is 12.1 Å². The number of H-pyrrole nitrogens is 1. The molecular weight excluding hydrogens is 511 g/mol. The average molecular weight is 535 g/mol. The molecule has 0 aliphatic rings. The summed E-state index contributed by atoms with van der Waals surface area (Å²) in [6.07, 6.45) is 2.61. The molecular formula is C27H24ClFN6O3. The number of rotatable bonds is 5. The molecule has 9 nitrogen and oxygen atoms in total. The lowest BCUT2D eigenvalue weighted by Gasteiger charge is -2.19. The molecule has 0 fully saturated rings. The molecule has 0 spiro atoms. The number of aromatic amines is 1. The first-order chi connectivity index (χ1) is 17.9. The fourth-order valence-corrected chi connectivity index (χ4v) is 4.08. The number of aryl methyl sites for hydroxylation is 1. The summed E-state index contributed by atoms with van der Waals surface area (Å²) in [6.45, 7) is 5.29. The molecule has 0 saturated carbocycles. The van der Waals surface area contributed by atoms with Crippen LogP contribution in [0.1, 0.15) is 37.7 Å². The standard InChI is InChI=1S/C27H24ClFN6O3/c1-27(2,3)38-26(37)31-14-23-21-9-15(5-6-20(21)25(36)34-33-23)22-13-32-35(4)24(22)10-17(12-30)16-7-18(28)11-19(29)8-16/h5-11,13H,14H2,1-4H3,(H,31,37)(H,34,36)/b17-10+. The van der Waals surface area contributed by atoms with Crippen LogP contribution in [0.5, 0.6) is 0 Å². The number of aromatic nitrogens is 4. The third kappa shape index (κ3) is 5.90. The predicted octanol–water partition coefficient (Wildman–Crippen LogP) is 5.20. The van der Waals surface area contributed by atoms with E-state index in [0.717, 1.165) is 6.07 Å². The SMILES string of the molecule is Cn1ncc(-c2ccc3c(=O)[nH]nc(CNC(=O)OC(C)(C)C)c3c2)c1/C=C(\C#N)c1cc(F)cc(Cl)c1. The van der Waals surface area contributed by atoms with Crippen LogP contribution >= 0.6 is 11.6 Å². The lowest BCUT2D eigenvalue weighted by atomic mass is 9.99. The van der Waals surface area contributed by atoms with Crippen molar-refractivity contribution in [3.05, 3.63) is 80.7 Å².